The van der Waals surface area contributed by atoms with Gasteiger partial charge in [0.2, 0.25) is 0 Å². The van der Waals surface area contributed by atoms with E-state index < -0.39 is 36.7 Å². The van der Waals surface area contributed by atoms with E-state index in [-0.39, 0.29) is 5.56 Å². The van der Waals surface area contributed by atoms with Crippen molar-refractivity contribution in [1.29, 1.82) is 0 Å². The topological polar surface area (TPSA) is 38.0 Å². The average Bonchev–Trinajstić information content (AvgIpc) is 2.19. The predicted octanol–water partition coefficient (Wildman–Crippen LogP) is 2.81. The molecule has 1 unspecified atom stereocenters. The summed E-state index contributed by atoms with van der Waals surface area (Å²) in [5, 5.41) is 0. The number of halogens is 5. The van der Waals surface area contributed by atoms with Gasteiger partial charge in [0.1, 0.15) is 11.6 Å². The van der Waals surface area contributed by atoms with Crippen LogP contribution in [0.15, 0.2) is 18.2 Å². The lowest BCUT2D eigenvalue weighted by Crippen LogP contribution is -2.29. The lowest BCUT2D eigenvalue weighted by atomic mass is 10.0. The van der Waals surface area contributed by atoms with Crippen LogP contribution in [0, 0.1) is 11.6 Å². The highest BCUT2D eigenvalue weighted by Gasteiger charge is 2.29. The number of hydrazine groups is 1. The summed E-state index contributed by atoms with van der Waals surface area (Å²) in [6.07, 6.45) is -5.85. The second-order valence-electron chi connectivity index (χ2n) is 3.54. The summed E-state index contributed by atoms with van der Waals surface area (Å²) in [6.45, 7) is 0. The van der Waals surface area contributed by atoms with Gasteiger partial charge >= 0.3 is 6.18 Å². The normalized spacial score (nSPS) is 13.8. The maximum atomic E-state index is 13.3. The van der Waals surface area contributed by atoms with Crippen LogP contribution in [0.25, 0.3) is 0 Å². The number of alkyl halides is 3. The Morgan fingerprint density at radius 2 is 1.88 bits per heavy atom. The third kappa shape index (κ3) is 4.27. The Hall–Kier alpha value is -1.21. The molecule has 1 rings (SSSR count). The monoisotopic (exact) mass is 254 g/mol. The summed E-state index contributed by atoms with van der Waals surface area (Å²) >= 11 is 0. The van der Waals surface area contributed by atoms with E-state index in [9.17, 15) is 22.0 Å². The third-order valence-electron chi connectivity index (χ3n) is 2.26. The van der Waals surface area contributed by atoms with E-state index in [0.717, 1.165) is 12.1 Å². The number of nitrogens with two attached hydrogens (primary N) is 1. The lowest BCUT2D eigenvalue weighted by Gasteiger charge is -2.17. The fourth-order valence-electron chi connectivity index (χ4n) is 1.42. The first kappa shape index (κ1) is 13.9. The molecule has 3 N–H and O–H groups in total. The van der Waals surface area contributed by atoms with Gasteiger partial charge < -0.3 is 0 Å². The summed E-state index contributed by atoms with van der Waals surface area (Å²) < 4.78 is 61.9. The molecule has 0 aliphatic heterocycles. The maximum absolute atomic E-state index is 13.3. The highest BCUT2D eigenvalue weighted by Crippen LogP contribution is 2.28. The fraction of sp³-hybridized carbons (Fsp3) is 0.400. The van der Waals surface area contributed by atoms with Crippen LogP contribution in [0.4, 0.5) is 22.0 Å². The molecule has 0 aliphatic carbocycles. The van der Waals surface area contributed by atoms with Crippen LogP contribution in [0.1, 0.15) is 24.4 Å². The molecule has 0 amide bonds. The van der Waals surface area contributed by atoms with E-state index in [0.29, 0.717) is 6.07 Å². The molecule has 2 nitrogen and oxygen atoms in total. The van der Waals surface area contributed by atoms with Crippen LogP contribution in [0.2, 0.25) is 0 Å². The molecule has 17 heavy (non-hydrogen) atoms. The van der Waals surface area contributed by atoms with E-state index in [1.807, 2.05) is 0 Å². The van der Waals surface area contributed by atoms with Crippen LogP contribution in [-0.4, -0.2) is 6.18 Å². The zero-order valence-corrected chi connectivity index (χ0v) is 8.69. The van der Waals surface area contributed by atoms with Crippen molar-refractivity contribution in [3.05, 3.63) is 35.4 Å². The third-order valence-corrected chi connectivity index (χ3v) is 2.26. The molecule has 0 bridgehead atoms. The average molecular weight is 254 g/mol. The SMILES string of the molecule is NNC(CCC(F)(F)F)c1ccc(F)cc1F. The Morgan fingerprint density at radius 1 is 1.24 bits per heavy atom. The van der Waals surface area contributed by atoms with Crippen LogP contribution in [0.3, 0.4) is 0 Å². The maximum Gasteiger partial charge on any atom is 0.389 e. The van der Waals surface area contributed by atoms with Gasteiger partial charge in [-0.1, -0.05) is 6.07 Å². The molecule has 1 aromatic rings. The van der Waals surface area contributed by atoms with Crippen molar-refractivity contribution in [3.8, 4) is 0 Å². The van der Waals surface area contributed by atoms with Crippen molar-refractivity contribution in [2.24, 2.45) is 5.84 Å². The lowest BCUT2D eigenvalue weighted by molar-refractivity contribution is -0.136. The fourth-order valence-corrected chi connectivity index (χ4v) is 1.42. The molecule has 1 atom stereocenters. The minimum absolute atomic E-state index is 0.0850. The summed E-state index contributed by atoms with van der Waals surface area (Å²) in [4.78, 5) is 0. The Balaban J connectivity index is 2.79. The van der Waals surface area contributed by atoms with Gasteiger partial charge in [0, 0.05) is 24.1 Å². The van der Waals surface area contributed by atoms with E-state index in [1.165, 1.54) is 0 Å². The molecule has 0 spiro atoms. The molecule has 0 heterocycles. The Kier molecular flexibility index (Phi) is 4.41. The molecule has 0 aliphatic rings. The summed E-state index contributed by atoms with van der Waals surface area (Å²) in [6, 6.07) is 1.65. The summed E-state index contributed by atoms with van der Waals surface area (Å²) in [5.41, 5.74) is 2.00. The van der Waals surface area contributed by atoms with Gasteiger partial charge in [0.05, 0.1) is 0 Å². The molecule has 7 heteroatoms. The standard InChI is InChI=1S/C10H11F5N2/c11-6-1-2-7(8(12)5-6)9(17-16)3-4-10(13,14)15/h1-2,5,9,17H,3-4,16H2. The number of rotatable bonds is 4. The van der Waals surface area contributed by atoms with E-state index in [4.69, 9.17) is 5.84 Å². The summed E-state index contributed by atoms with van der Waals surface area (Å²) in [7, 11) is 0. The zero-order chi connectivity index (χ0) is 13.1. The first-order valence-electron chi connectivity index (χ1n) is 4.81. The van der Waals surface area contributed by atoms with Gasteiger partial charge in [0.15, 0.2) is 0 Å². The minimum Gasteiger partial charge on any atom is -0.271 e. The van der Waals surface area contributed by atoms with Gasteiger partial charge in [-0.15, -0.1) is 0 Å². The molecular weight excluding hydrogens is 243 g/mol. The molecule has 0 radical (unpaired) electrons. The Morgan fingerprint density at radius 3 is 2.35 bits per heavy atom. The van der Waals surface area contributed by atoms with Crippen molar-refractivity contribution in [1.82, 2.24) is 5.43 Å². The molecule has 1 aromatic carbocycles. The molecule has 96 valence electrons. The van der Waals surface area contributed by atoms with Gasteiger partial charge in [-0.25, -0.2) is 8.78 Å². The second-order valence-corrected chi connectivity index (χ2v) is 3.54. The minimum atomic E-state index is -4.34. The largest absolute Gasteiger partial charge is 0.389 e. The Labute approximate surface area is 94.6 Å². The van der Waals surface area contributed by atoms with Crippen molar-refractivity contribution in [2.45, 2.75) is 25.1 Å². The number of benzene rings is 1. The van der Waals surface area contributed by atoms with Crippen LogP contribution < -0.4 is 11.3 Å². The highest BCUT2D eigenvalue weighted by molar-refractivity contribution is 5.22. The first-order chi connectivity index (χ1) is 7.83. The van der Waals surface area contributed by atoms with Crippen LogP contribution in [-0.2, 0) is 0 Å². The number of hydrogen-bond acceptors (Lipinski definition) is 2. The zero-order valence-electron chi connectivity index (χ0n) is 8.69. The van der Waals surface area contributed by atoms with Gasteiger partial charge in [-0.3, -0.25) is 11.3 Å². The molecule has 0 saturated heterocycles. The Bertz CT molecular complexity index is 377. The summed E-state index contributed by atoms with van der Waals surface area (Å²) in [5.74, 6) is 3.35. The molecular formula is C10H11F5N2. The first-order valence-corrected chi connectivity index (χ1v) is 4.81. The van der Waals surface area contributed by atoms with Gasteiger partial charge in [-0.2, -0.15) is 13.2 Å². The smallest absolute Gasteiger partial charge is 0.271 e. The van der Waals surface area contributed by atoms with Crippen LogP contribution in [0.5, 0.6) is 0 Å². The van der Waals surface area contributed by atoms with Crippen molar-refractivity contribution >= 4 is 0 Å². The number of hydrogen-bond donors (Lipinski definition) is 2. The molecule has 0 fully saturated rings. The van der Waals surface area contributed by atoms with E-state index in [1.54, 1.807) is 0 Å². The van der Waals surface area contributed by atoms with E-state index >= 15 is 0 Å². The molecule has 0 aromatic heterocycles. The van der Waals surface area contributed by atoms with Crippen molar-refractivity contribution < 1.29 is 22.0 Å². The number of nitrogens with one attached hydrogen (secondary N) is 1. The van der Waals surface area contributed by atoms with E-state index in [2.05, 4.69) is 5.43 Å². The quantitative estimate of drug-likeness (QED) is 0.492. The molecule has 0 saturated carbocycles. The van der Waals surface area contributed by atoms with Gasteiger partial charge in [0.25, 0.3) is 0 Å². The van der Waals surface area contributed by atoms with Crippen LogP contribution >= 0.6 is 0 Å². The van der Waals surface area contributed by atoms with Gasteiger partial charge in [-0.05, 0) is 12.5 Å². The predicted molar refractivity (Wildman–Crippen MR) is 51.7 cm³/mol. The van der Waals surface area contributed by atoms with Crippen molar-refractivity contribution in [3.63, 3.8) is 0 Å². The van der Waals surface area contributed by atoms with Crippen molar-refractivity contribution in [2.75, 3.05) is 0 Å². The second kappa shape index (κ2) is 5.42. The highest BCUT2D eigenvalue weighted by atomic mass is 19.4.